The van der Waals surface area contributed by atoms with Gasteiger partial charge in [0.05, 0.1) is 10.4 Å². The summed E-state index contributed by atoms with van der Waals surface area (Å²) in [6, 6.07) is 18.5. The Hall–Kier alpha value is -2.07. The minimum atomic E-state index is -3.53. The first kappa shape index (κ1) is 11.0. The van der Waals surface area contributed by atoms with Crippen molar-refractivity contribution in [3.63, 3.8) is 0 Å². The highest BCUT2D eigenvalue weighted by Gasteiger charge is 2.17. The number of benzene rings is 2. The van der Waals surface area contributed by atoms with Gasteiger partial charge in [-0.15, -0.1) is 0 Å². The molecule has 2 aromatic carbocycles. The normalized spacial score (nSPS) is 11.8. The third kappa shape index (κ3) is 1.62. The van der Waals surface area contributed by atoms with Gasteiger partial charge in [-0.3, -0.25) is 0 Å². The van der Waals surface area contributed by atoms with Gasteiger partial charge in [-0.2, -0.15) is 0 Å². The summed E-state index contributed by atoms with van der Waals surface area (Å²) in [5, 5.41) is 0.789. The molecular weight excluding hydrogens is 246 g/mol. The van der Waals surface area contributed by atoms with Crippen LogP contribution >= 0.6 is 0 Å². The molecule has 0 aliphatic carbocycles. The van der Waals surface area contributed by atoms with E-state index in [1.807, 2.05) is 0 Å². The Labute approximate surface area is 105 Å². The highest BCUT2D eigenvalue weighted by molar-refractivity contribution is 7.90. The number of hydrogen-bond donors (Lipinski definition) is 0. The third-order valence-corrected chi connectivity index (χ3v) is 4.48. The van der Waals surface area contributed by atoms with Gasteiger partial charge < -0.3 is 0 Å². The second-order valence-electron chi connectivity index (χ2n) is 3.90. The molecular formula is C14H10NO2S. The van der Waals surface area contributed by atoms with Crippen LogP contribution in [0.4, 0.5) is 0 Å². The van der Waals surface area contributed by atoms with E-state index in [1.54, 1.807) is 60.8 Å². The Morgan fingerprint density at radius 3 is 2.50 bits per heavy atom. The van der Waals surface area contributed by atoms with E-state index < -0.39 is 10.0 Å². The lowest BCUT2D eigenvalue weighted by molar-refractivity contribution is 0.589. The van der Waals surface area contributed by atoms with Gasteiger partial charge in [0.15, 0.2) is 0 Å². The van der Waals surface area contributed by atoms with E-state index in [4.69, 9.17) is 0 Å². The third-order valence-electron chi connectivity index (χ3n) is 2.78. The SMILES string of the molecule is O=S(=O)(c1ccccc1)n1ccc2[c]cccc21. The van der Waals surface area contributed by atoms with Crippen LogP contribution in [0.25, 0.3) is 10.9 Å². The molecule has 3 nitrogen and oxygen atoms in total. The Kier molecular flexibility index (Phi) is 2.45. The Bertz CT molecular complexity index is 789. The molecule has 0 bridgehead atoms. The second-order valence-corrected chi connectivity index (χ2v) is 5.71. The van der Waals surface area contributed by atoms with E-state index >= 15 is 0 Å². The topological polar surface area (TPSA) is 39.1 Å². The first-order chi connectivity index (χ1) is 8.69. The molecule has 0 amide bonds. The van der Waals surface area contributed by atoms with Crippen molar-refractivity contribution in [1.82, 2.24) is 3.97 Å². The molecule has 0 spiro atoms. The molecule has 89 valence electrons. The molecule has 0 atom stereocenters. The molecule has 1 radical (unpaired) electrons. The second kappa shape index (κ2) is 3.99. The first-order valence-corrected chi connectivity index (χ1v) is 6.92. The summed E-state index contributed by atoms with van der Waals surface area (Å²) in [5.74, 6) is 0. The highest BCUT2D eigenvalue weighted by atomic mass is 32.2. The Balaban J connectivity index is 2.27. The van der Waals surface area contributed by atoms with Crippen LogP contribution in [0.1, 0.15) is 0 Å². The average Bonchev–Trinajstić information content (AvgIpc) is 2.84. The molecule has 0 unspecified atom stereocenters. The van der Waals surface area contributed by atoms with Gasteiger partial charge in [-0.25, -0.2) is 12.4 Å². The zero-order chi connectivity index (χ0) is 12.6. The van der Waals surface area contributed by atoms with Crippen LogP contribution in [0, 0.1) is 6.07 Å². The van der Waals surface area contributed by atoms with Gasteiger partial charge in [0.2, 0.25) is 0 Å². The van der Waals surface area contributed by atoms with Crippen molar-refractivity contribution >= 4 is 20.9 Å². The predicted octanol–water partition coefficient (Wildman–Crippen LogP) is 2.68. The summed E-state index contributed by atoms with van der Waals surface area (Å²) in [6.07, 6.45) is 1.56. The summed E-state index contributed by atoms with van der Waals surface area (Å²) in [7, 11) is -3.53. The van der Waals surface area contributed by atoms with E-state index in [0.29, 0.717) is 5.52 Å². The fraction of sp³-hybridized carbons (Fsp3) is 0. The van der Waals surface area contributed by atoms with E-state index in [0.717, 1.165) is 5.39 Å². The molecule has 0 N–H and O–H groups in total. The van der Waals surface area contributed by atoms with E-state index in [-0.39, 0.29) is 4.90 Å². The maximum Gasteiger partial charge on any atom is 0.268 e. The molecule has 1 heterocycles. The standard InChI is InChI=1S/C14H10NO2S/c16-18(17,13-7-2-1-3-8-13)15-11-10-12-6-4-5-9-14(12)15/h1-5,7-11H. The summed E-state index contributed by atoms with van der Waals surface area (Å²) in [5.41, 5.74) is 0.640. The van der Waals surface area contributed by atoms with E-state index in [2.05, 4.69) is 6.07 Å². The maximum absolute atomic E-state index is 12.5. The van der Waals surface area contributed by atoms with Crippen LogP contribution in [0.2, 0.25) is 0 Å². The van der Waals surface area contributed by atoms with Gasteiger partial charge in [-0.1, -0.05) is 30.3 Å². The molecule has 0 saturated carbocycles. The Morgan fingerprint density at radius 1 is 0.944 bits per heavy atom. The Morgan fingerprint density at radius 2 is 1.72 bits per heavy atom. The first-order valence-electron chi connectivity index (χ1n) is 5.48. The average molecular weight is 256 g/mol. The lowest BCUT2D eigenvalue weighted by atomic mass is 10.3. The van der Waals surface area contributed by atoms with E-state index in [9.17, 15) is 8.42 Å². The van der Waals surface area contributed by atoms with Gasteiger partial charge in [0.25, 0.3) is 10.0 Å². The van der Waals surface area contributed by atoms with Crippen molar-refractivity contribution in [2.75, 3.05) is 0 Å². The molecule has 18 heavy (non-hydrogen) atoms. The fourth-order valence-corrected chi connectivity index (χ4v) is 3.27. The zero-order valence-corrected chi connectivity index (χ0v) is 10.3. The quantitative estimate of drug-likeness (QED) is 0.707. The zero-order valence-electron chi connectivity index (χ0n) is 9.45. The molecule has 0 saturated heterocycles. The van der Waals surface area contributed by atoms with Crippen molar-refractivity contribution in [3.8, 4) is 0 Å². The van der Waals surface area contributed by atoms with Crippen molar-refractivity contribution in [2.45, 2.75) is 4.90 Å². The van der Waals surface area contributed by atoms with Gasteiger partial charge in [0, 0.05) is 11.6 Å². The van der Waals surface area contributed by atoms with Gasteiger partial charge >= 0.3 is 0 Å². The molecule has 4 heteroatoms. The largest absolute Gasteiger partial charge is 0.268 e. The summed E-state index contributed by atoms with van der Waals surface area (Å²) in [6.45, 7) is 0. The van der Waals surface area contributed by atoms with Gasteiger partial charge in [0.1, 0.15) is 0 Å². The van der Waals surface area contributed by atoms with Crippen LogP contribution in [-0.4, -0.2) is 12.4 Å². The van der Waals surface area contributed by atoms with Crippen molar-refractivity contribution in [2.24, 2.45) is 0 Å². The molecule has 3 rings (SSSR count). The lowest BCUT2D eigenvalue weighted by Crippen LogP contribution is -2.11. The number of hydrogen-bond acceptors (Lipinski definition) is 2. The summed E-state index contributed by atoms with van der Waals surface area (Å²) in [4.78, 5) is 0.284. The van der Waals surface area contributed by atoms with Crippen molar-refractivity contribution in [3.05, 3.63) is 66.9 Å². The monoisotopic (exact) mass is 256 g/mol. The van der Waals surface area contributed by atoms with Crippen LogP contribution in [0.5, 0.6) is 0 Å². The van der Waals surface area contributed by atoms with Crippen LogP contribution in [0.15, 0.2) is 65.7 Å². The van der Waals surface area contributed by atoms with Crippen LogP contribution < -0.4 is 0 Å². The molecule has 0 aliphatic heterocycles. The number of rotatable bonds is 2. The molecule has 0 fully saturated rings. The van der Waals surface area contributed by atoms with Crippen LogP contribution in [-0.2, 0) is 10.0 Å². The molecule has 3 aromatic rings. The predicted molar refractivity (Wildman–Crippen MR) is 69.8 cm³/mol. The lowest BCUT2D eigenvalue weighted by Gasteiger charge is -2.06. The maximum atomic E-state index is 12.5. The minimum Gasteiger partial charge on any atom is -0.241 e. The summed E-state index contributed by atoms with van der Waals surface area (Å²) < 4.78 is 26.2. The number of nitrogens with zero attached hydrogens (tertiary/aromatic N) is 1. The number of fused-ring (bicyclic) bond motifs is 1. The molecule has 1 aromatic heterocycles. The molecule has 0 aliphatic rings. The van der Waals surface area contributed by atoms with Crippen LogP contribution in [0.3, 0.4) is 0 Å². The fourth-order valence-electron chi connectivity index (χ4n) is 1.90. The van der Waals surface area contributed by atoms with E-state index in [1.165, 1.54) is 3.97 Å². The summed E-state index contributed by atoms with van der Waals surface area (Å²) >= 11 is 0. The van der Waals surface area contributed by atoms with Crippen molar-refractivity contribution in [1.29, 1.82) is 0 Å². The van der Waals surface area contributed by atoms with Gasteiger partial charge in [-0.05, 0) is 30.3 Å². The van der Waals surface area contributed by atoms with Crippen molar-refractivity contribution < 1.29 is 8.42 Å². The minimum absolute atomic E-state index is 0.284. The smallest absolute Gasteiger partial charge is 0.241 e. The number of aromatic nitrogens is 1. The highest BCUT2D eigenvalue weighted by Crippen LogP contribution is 2.21.